The average molecular weight is 749 g/mol. The Kier molecular flexibility index (Phi) is 8.95. The number of fused-ring (bicyclic) bond motifs is 3. The number of nitrogens with one attached hydrogen (secondary N) is 1. The summed E-state index contributed by atoms with van der Waals surface area (Å²) in [7, 11) is -4.20. The van der Waals surface area contributed by atoms with Crippen LogP contribution in [-0.2, 0) is 36.4 Å². The maximum absolute atomic E-state index is 14.7. The van der Waals surface area contributed by atoms with Gasteiger partial charge < -0.3 is 14.2 Å². The van der Waals surface area contributed by atoms with Gasteiger partial charge in [-0.05, 0) is 72.3 Å². The monoisotopic (exact) mass is 748 g/mol. The summed E-state index contributed by atoms with van der Waals surface area (Å²) in [6.07, 6.45) is 4.46. The maximum atomic E-state index is 14.7. The molecule has 0 spiro atoms. The second-order valence-electron chi connectivity index (χ2n) is 14.2. The minimum Gasteiger partial charge on any atom is -0.434 e. The third-order valence-electron chi connectivity index (χ3n) is 9.83. The van der Waals surface area contributed by atoms with Gasteiger partial charge in [-0.3, -0.25) is 18.9 Å². The van der Waals surface area contributed by atoms with Crippen molar-refractivity contribution >= 4 is 37.5 Å². The minimum absolute atomic E-state index is 0.0139. The van der Waals surface area contributed by atoms with Crippen molar-refractivity contribution in [2.75, 3.05) is 0 Å². The van der Waals surface area contributed by atoms with Gasteiger partial charge in [0, 0.05) is 11.1 Å². The smallest absolute Gasteiger partial charge is 0.387 e. The lowest BCUT2D eigenvalue weighted by Crippen LogP contribution is -2.54. The van der Waals surface area contributed by atoms with Crippen molar-refractivity contribution in [1.82, 2.24) is 28.9 Å². The van der Waals surface area contributed by atoms with Gasteiger partial charge in [0.25, 0.3) is 11.5 Å². The lowest BCUT2D eigenvalue weighted by Gasteiger charge is -2.32. The SMILES string of the molecule is Cc1c(-n2nccn2)sc2c1c(=O)n(C1(C(=O)NS(=O)(=O)C(C)(C)C)CC1)c(=O)n2C[C@H](OC1C[C@H]2CC[C@@H](C1)O2)c1ccccc1OC(F)F. The minimum atomic E-state index is -4.20. The highest BCUT2D eigenvalue weighted by Gasteiger charge is 2.56. The fourth-order valence-electron chi connectivity index (χ4n) is 6.91. The zero-order chi connectivity index (χ0) is 36.5. The zero-order valence-corrected chi connectivity index (χ0v) is 30.0. The third-order valence-corrected chi connectivity index (χ3v) is 13.2. The van der Waals surface area contributed by atoms with Crippen LogP contribution >= 0.6 is 11.3 Å². The molecule has 1 N–H and O–H groups in total. The van der Waals surface area contributed by atoms with E-state index in [0.29, 0.717) is 23.4 Å². The van der Waals surface area contributed by atoms with Crippen LogP contribution in [0, 0.1) is 6.92 Å². The average Bonchev–Trinajstić information content (AvgIpc) is 3.32. The normalized spacial score (nSPS) is 22.0. The van der Waals surface area contributed by atoms with Crippen LogP contribution in [0.15, 0.2) is 46.2 Å². The van der Waals surface area contributed by atoms with Gasteiger partial charge in [-0.2, -0.15) is 19.0 Å². The van der Waals surface area contributed by atoms with E-state index >= 15 is 0 Å². The molecule has 1 saturated carbocycles. The molecule has 1 amide bonds. The summed E-state index contributed by atoms with van der Waals surface area (Å²) in [5, 5.41) is 8.95. The second-order valence-corrected chi connectivity index (χ2v) is 17.6. The predicted octanol–water partition coefficient (Wildman–Crippen LogP) is 3.92. The number of thiophene rings is 1. The van der Waals surface area contributed by atoms with Crippen LogP contribution in [0.4, 0.5) is 8.78 Å². The number of aromatic nitrogens is 5. The Morgan fingerprint density at radius 3 is 2.37 bits per heavy atom. The van der Waals surface area contributed by atoms with Crippen molar-refractivity contribution in [3.8, 4) is 10.8 Å². The van der Waals surface area contributed by atoms with Gasteiger partial charge in [-0.15, -0.1) is 4.80 Å². The highest BCUT2D eigenvalue weighted by Crippen LogP contribution is 2.44. The van der Waals surface area contributed by atoms with Crippen molar-refractivity contribution in [3.05, 3.63) is 68.6 Å². The molecule has 1 aliphatic carbocycles. The molecule has 5 heterocycles. The highest BCUT2D eigenvalue weighted by atomic mass is 32.2. The summed E-state index contributed by atoms with van der Waals surface area (Å²) in [6.45, 7) is 2.53. The molecule has 51 heavy (non-hydrogen) atoms. The Morgan fingerprint density at radius 2 is 1.76 bits per heavy atom. The number of sulfonamides is 1. The van der Waals surface area contributed by atoms with Crippen LogP contribution in [0.3, 0.4) is 0 Å². The molecule has 3 fully saturated rings. The Balaban J connectivity index is 1.41. The number of hydrogen-bond acceptors (Lipinski definition) is 11. The molecular formula is C33H38F2N6O8S2. The van der Waals surface area contributed by atoms with Gasteiger partial charge in [-0.25, -0.2) is 17.8 Å². The van der Waals surface area contributed by atoms with E-state index in [1.165, 1.54) is 48.6 Å². The molecule has 274 valence electrons. The Labute approximate surface area is 295 Å². The molecule has 1 aromatic carbocycles. The molecule has 3 aliphatic rings. The van der Waals surface area contributed by atoms with Gasteiger partial charge in [0.15, 0.2) is 0 Å². The van der Waals surface area contributed by atoms with Gasteiger partial charge in [0.2, 0.25) is 10.0 Å². The van der Waals surface area contributed by atoms with Gasteiger partial charge >= 0.3 is 12.3 Å². The van der Waals surface area contributed by atoms with Crippen molar-refractivity contribution in [3.63, 3.8) is 0 Å². The first-order valence-electron chi connectivity index (χ1n) is 16.7. The molecule has 2 aliphatic heterocycles. The molecule has 0 radical (unpaired) electrons. The predicted molar refractivity (Wildman–Crippen MR) is 182 cm³/mol. The number of carbonyl (C=O) groups is 1. The van der Waals surface area contributed by atoms with E-state index in [1.54, 1.807) is 25.1 Å². The van der Waals surface area contributed by atoms with Gasteiger partial charge in [0.1, 0.15) is 27.2 Å². The first-order valence-corrected chi connectivity index (χ1v) is 19.0. The number of carbonyl (C=O) groups excluding carboxylic acids is 1. The van der Waals surface area contributed by atoms with Crippen LogP contribution in [0.25, 0.3) is 15.2 Å². The number of halogens is 2. The van der Waals surface area contributed by atoms with Crippen LogP contribution in [0.1, 0.15) is 76.5 Å². The first kappa shape index (κ1) is 35.4. The molecule has 2 bridgehead atoms. The summed E-state index contributed by atoms with van der Waals surface area (Å²) in [4.78, 5) is 44.5. The molecule has 7 rings (SSSR count). The fourth-order valence-corrected chi connectivity index (χ4v) is 8.87. The van der Waals surface area contributed by atoms with E-state index in [9.17, 15) is 31.6 Å². The number of para-hydroxylation sites is 1. The summed E-state index contributed by atoms with van der Waals surface area (Å²) < 4.78 is 73.9. The van der Waals surface area contributed by atoms with E-state index in [0.717, 1.165) is 28.7 Å². The van der Waals surface area contributed by atoms with Crippen LogP contribution < -0.4 is 20.7 Å². The number of nitrogens with zero attached hydrogens (tertiary/aromatic N) is 5. The zero-order valence-electron chi connectivity index (χ0n) is 28.4. The van der Waals surface area contributed by atoms with E-state index in [1.807, 2.05) is 0 Å². The summed E-state index contributed by atoms with van der Waals surface area (Å²) >= 11 is 1.07. The lowest BCUT2D eigenvalue weighted by atomic mass is 10.0. The first-order chi connectivity index (χ1) is 24.1. The Bertz CT molecular complexity index is 2190. The molecule has 3 aromatic heterocycles. The number of alkyl halides is 2. The van der Waals surface area contributed by atoms with Crippen LogP contribution in [0.5, 0.6) is 5.75 Å². The number of ether oxygens (including phenoxy) is 3. The molecule has 4 atom stereocenters. The molecule has 1 unspecified atom stereocenters. The number of aryl methyl sites for hydroxylation is 1. The highest BCUT2D eigenvalue weighted by molar-refractivity contribution is 7.91. The van der Waals surface area contributed by atoms with Crippen molar-refractivity contribution < 1.29 is 36.2 Å². The summed E-state index contributed by atoms with van der Waals surface area (Å²) in [6, 6.07) is 6.17. The van der Waals surface area contributed by atoms with E-state index < -0.39 is 50.2 Å². The fraction of sp³-hybridized carbons (Fsp3) is 0.545. The molecular weight excluding hydrogens is 711 g/mol. The van der Waals surface area contributed by atoms with Gasteiger partial charge in [0.05, 0.1) is 47.4 Å². The van der Waals surface area contributed by atoms with Crippen LogP contribution in [-0.4, -0.2) is 68.1 Å². The van der Waals surface area contributed by atoms with E-state index in [2.05, 4.69) is 14.9 Å². The van der Waals surface area contributed by atoms with E-state index in [4.69, 9.17) is 14.2 Å². The molecule has 18 heteroatoms. The number of amides is 1. The van der Waals surface area contributed by atoms with Crippen LogP contribution in [0.2, 0.25) is 0 Å². The standard InChI is InChI=1S/C33H38F2N6O8S2/c1-18-25-26(42)40(33(11-12-33)29(43)38-51(45,46)32(2,3)4)31(44)39(28(25)50-27(18)41-36-13-14-37-41)17-24(22-7-5-6-8-23(22)49-30(34)35)48-21-15-19-9-10-20(16-21)47-19/h5-8,13-14,19-21,24,30H,9-12,15-17H2,1-4H3,(H,38,43)/t19-,20+,21?,24-/m0/s1. The van der Waals surface area contributed by atoms with E-state index in [-0.39, 0.29) is 59.2 Å². The number of rotatable bonds is 11. The van der Waals surface area contributed by atoms with Crippen molar-refractivity contribution in [2.45, 2.75) is 114 Å². The summed E-state index contributed by atoms with van der Waals surface area (Å²) in [5.41, 5.74) is -2.76. The quantitative estimate of drug-likeness (QED) is 0.238. The lowest BCUT2D eigenvalue weighted by molar-refractivity contribution is -0.124. The second kappa shape index (κ2) is 12.9. The largest absolute Gasteiger partial charge is 0.434 e. The van der Waals surface area contributed by atoms with Crippen molar-refractivity contribution in [2.24, 2.45) is 0 Å². The third kappa shape index (κ3) is 6.40. The molecule has 2 saturated heterocycles. The Hall–Kier alpha value is -4.00. The van der Waals surface area contributed by atoms with Crippen molar-refractivity contribution in [1.29, 1.82) is 0 Å². The summed E-state index contributed by atoms with van der Waals surface area (Å²) in [5.74, 6) is -1.13. The van der Waals surface area contributed by atoms with Gasteiger partial charge in [-0.1, -0.05) is 29.5 Å². The Morgan fingerprint density at radius 1 is 1.12 bits per heavy atom. The maximum Gasteiger partial charge on any atom is 0.387 e. The molecule has 14 nitrogen and oxygen atoms in total. The molecule has 4 aromatic rings. The number of hydrogen-bond donors (Lipinski definition) is 1. The number of benzene rings is 1. The topological polar surface area (TPSA) is 166 Å².